The standard InChI is InChI=1S/C8H17NO5/c1-13-6-7(8(11)12)9-2-4-14-5-3-10/h7,9-10H,2-6H2,1H3,(H,11,12). The highest BCUT2D eigenvalue weighted by Crippen LogP contribution is 1.85. The van der Waals surface area contributed by atoms with Crippen molar-refractivity contribution >= 4 is 5.97 Å². The molecule has 0 bridgehead atoms. The molecule has 0 radical (unpaired) electrons. The molecule has 0 aliphatic carbocycles. The predicted molar refractivity (Wildman–Crippen MR) is 49.2 cm³/mol. The van der Waals surface area contributed by atoms with Crippen LogP contribution in [0.15, 0.2) is 0 Å². The summed E-state index contributed by atoms with van der Waals surface area (Å²) >= 11 is 0. The highest BCUT2D eigenvalue weighted by molar-refractivity contribution is 5.73. The fraction of sp³-hybridized carbons (Fsp3) is 0.875. The minimum atomic E-state index is -0.950. The summed E-state index contributed by atoms with van der Waals surface area (Å²) in [6.45, 7) is 1.15. The van der Waals surface area contributed by atoms with Gasteiger partial charge >= 0.3 is 5.97 Å². The molecule has 1 unspecified atom stereocenters. The summed E-state index contributed by atoms with van der Waals surface area (Å²) in [4.78, 5) is 10.6. The number of hydrogen-bond acceptors (Lipinski definition) is 5. The van der Waals surface area contributed by atoms with Gasteiger partial charge < -0.3 is 25.0 Å². The summed E-state index contributed by atoms with van der Waals surface area (Å²) in [5, 5.41) is 19.8. The molecule has 0 aromatic heterocycles. The van der Waals surface area contributed by atoms with Crippen LogP contribution in [0.2, 0.25) is 0 Å². The van der Waals surface area contributed by atoms with E-state index in [1.165, 1.54) is 7.11 Å². The van der Waals surface area contributed by atoms with Crippen molar-refractivity contribution in [1.29, 1.82) is 0 Å². The second kappa shape index (κ2) is 8.89. The Morgan fingerprint density at radius 2 is 2.21 bits per heavy atom. The number of carbonyl (C=O) groups is 1. The highest BCUT2D eigenvalue weighted by Gasteiger charge is 2.15. The molecule has 0 fully saturated rings. The maximum atomic E-state index is 10.6. The second-order valence-electron chi connectivity index (χ2n) is 2.64. The molecule has 0 aliphatic heterocycles. The van der Waals surface area contributed by atoms with Gasteiger partial charge in [0, 0.05) is 13.7 Å². The van der Waals surface area contributed by atoms with Crippen LogP contribution in [0, 0.1) is 0 Å². The summed E-state index contributed by atoms with van der Waals surface area (Å²) in [5.74, 6) is -0.950. The first kappa shape index (κ1) is 13.3. The minimum absolute atomic E-state index is 0.0274. The number of aliphatic hydroxyl groups excluding tert-OH is 1. The van der Waals surface area contributed by atoms with Gasteiger partial charge in [-0.1, -0.05) is 0 Å². The Hall–Kier alpha value is -0.690. The molecule has 0 saturated heterocycles. The average Bonchev–Trinajstić information content (AvgIpc) is 2.15. The number of rotatable bonds is 9. The average molecular weight is 207 g/mol. The van der Waals surface area contributed by atoms with Gasteiger partial charge in [-0.15, -0.1) is 0 Å². The predicted octanol–water partition coefficient (Wildman–Crippen LogP) is -1.32. The van der Waals surface area contributed by atoms with E-state index in [2.05, 4.69) is 5.32 Å². The number of aliphatic carboxylic acids is 1. The summed E-state index contributed by atoms with van der Waals surface area (Å²) in [6, 6.07) is -0.710. The molecule has 3 N–H and O–H groups in total. The highest BCUT2D eigenvalue weighted by atomic mass is 16.5. The van der Waals surface area contributed by atoms with Crippen LogP contribution in [0.5, 0.6) is 0 Å². The van der Waals surface area contributed by atoms with E-state index >= 15 is 0 Å². The normalized spacial score (nSPS) is 12.7. The molecular formula is C8H17NO5. The maximum Gasteiger partial charge on any atom is 0.323 e. The van der Waals surface area contributed by atoms with Crippen LogP contribution in [-0.2, 0) is 14.3 Å². The SMILES string of the molecule is COCC(NCCOCCO)C(=O)O. The van der Waals surface area contributed by atoms with Crippen LogP contribution in [-0.4, -0.2) is 62.3 Å². The molecule has 6 nitrogen and oxygen atoms in total. The van der Waals surface area contributed by atoms with Gasteiger partial charge in [0.05, 0.1) is 26.4 Å². The van der Waals surface area contributed by atoms with E-state index in [4.69, 9.17) is 19.7 Å². The summed E-state index contributed by atoms with van der Waals surface area (Å²) in [7, 11) is 1.44. The summed E-state index contributed by atoms with van der Waals surface area (Å²) in [5.41, 5.74) is 0. The Labute approximate surface area is 82.8 Å². The monoisotopic (exact) mass is 207 g/mol. The smallest absolute Gasteiger partial charge is 0.323 e. The Morgan fingerprint density at radius 3 is 2.71 bits per heavy atom. The molecule has 14 heavy (non-hydrogen) atoms. The number of nitrogens with one attached hydrogen (secondary N) is 1. The lowest BCUT2D eigenvalue weighted by atomic mass is 10.3. The van der Waals surface area contributed by atoms with Gasteiger partial charge in [-0.25, -0.2) is 0 Å². The van der Waals surface area contributed by atoms with Crippen LogP contribution in [0.1, 0.15) is 0 Å². The molecule has 0 aromatic carbocycles. The Bertz CT molecular complexity index is 153. The molecule has 0 heterocycles. The third-order valence-electron chi connectivity index (χ3n) is 1.50. The van der Waals surface area contributed by atoms with Crippen molar-refractivity contribution in [1.82, 2.24) is 5.32 Å². The van der Waals surface area contributed by atoms with Crippen LogP contribution < -0.4 is 5.32 Å². The number of aliphatic hydroxyl groups is 1. The molecule has 0 amide bonds. The zero-order chi connectivity index (χ0) is 10.8. The fourth-order valence-corrected chi connectivity index (χ4v) is 0.856. The van der Waals surface area contributed by atoms with E-state index in [1.54, 1.807) is 0 Å². The van der Waals surface area contributed by atoms with Crippen molar-refractivity contribution in [2.75, 3.05) is 40.1 Å². The molecule has 0 saturated carbocycles. The molecule has 1 atom stereocenters. The number of carboxylic acids is 1. The molecule has 6 heteroatoms. The van der Waals surface area contributed by atoms with E-state index in [0.29, 0.717) is 13.2 Å². The van der Waals surface area contributed by atoms with E-state index in [1.807, 2.05) is 0 Å². The van der Waals surface area contributed by atoms with Crippen molar-refractivity contribution in [2.45, 2.75) is 6.04 Å². The molecule has 0 spiro atoms. The van der Waals surface area contributed by atoms with Crippen molar-refractivity contribution in [2.24, 2.45) is 0 Å². The van der Waals surface area contributed by atoms with Gasteiger partial charge in [-0.3, -0.25) is 4.79 Å². The lowest BCUT2D eigenvalue weighted by Gasteiger charge is -2.12. The first-order valence-corrected chi connectivity index (χ1v) is 4.36. The van der Waals surface area contributed by atoms with Crippen LogP contribution >= 0.6 is 0 Å². The topological polar surface area (TPSA) is 88.0 Å². The molecule has 84 valence electrons. The van der Waals surface area contributed by atoms with Crippen LogP contribution in [0.4, 0.5) is 0 Å². The number of hydrogen-bond donors (Lipinski definition) is 3. The van der Waals surface area contributed by atoms with Gasteiger partial charge in [0.2, 0.25) is 0 Å². The molecule has 0 aliphatic rings. The minimum Gasteiger partial charge on any atom is -0.480 e. The lowest BCUT2D eigenvalue weighted by molar-refractivity contribution is -0.140. The summed E-state index contributed by atoms with van der Waals surface area (Å²) < 4.78 is 9.66. The number of carboxylic acid groups (broad SMARTS) is 1. The van der Waals surface area contributed by atoms with Gasteiger partial charge in [-0.05, 0) is 0 Å². The molecule has 0 rings (SSSR count). The third-order valence-corrected chi connectivity index (χ3v) is 1.50. The maximum absolute atomic E-state index is 10.6. The number of methoxy groups -OCH3 is 1. The third kappa shape index (κ3) is 6.79. The van der Waals surface area contributed by atoms with Crippen LogP contribution in [0.3, 0.4) is 0 Å². The first-order valence-electron chi connectivity index (χ1n) is 4.36. The fourth-order valence-electron chi connectivity index (χ4n) is 0.856. The lowest BCUT2D eigenvalue weighted by Crippen LogP contribution is -2.41. The van der Waals surface area contributed by atoms with E-state index in [9.17, 15) is 4.79 Å². The van der Waals surface area contributed by atoms with Crippen LogP contribution in [0.25, 0.3) is 0 Å². The van der Waals surface area contributed by atoms with Crippen molar-refractivity contribution in [3.63, 3.8) is 0 Å². The van der Waals surface area contributed by atoms with Crippen molar-refractivity contribution in [3.8, 4) is 0 Å². The van der Waals surface area contributed by atoms with Crippen molar-refractivity contribution < 1.29 is 24.5 Å². The zero-order valence-corrected chi connectivity index (χ0v) is 8.23. The second-order valence-corrected chi connectivity index (χ2v) is 2.64. The quantitative estimate of drug-likeness (QED) is 0.407. The zero-order valence-electron chi connectivity index (χ0n) is 8.23. The number of ether oxygens (including phenoxy) is 2. The van der Waals surface area contributed by atoms with Gasteiger partial charge in [-0.2, -0.15) is 0 Å². The Balaban J connectivity index is 3.46. The summed E-state index contributed by atoms with van der Waals surface area (Å²) in [6.07, 6.45) is 0. The van der Waals surface area contributed by atoms with E-state index in [0.717, 1.165) is 0 Å². The van der Waals surface area contributed by atoms with E-state index < -0.39 is 12.0 Å². The first-order chi connectivity index (χ1) is 6.72. The Morgan fingerprint density at radius 1 is 1.50 bits per heavy atom. The van der Waals surface area contributed by atoms with Crippen molar-refractivity contribution in [3.05, 3.63) is 0 Å². The molecular weight excluding hydrogens is 190 g/mol. The largest absolute Gasteiger partial charge is 0.480 e. The molecule has 0 aromatic rings. The van der Waals surface area contributed by atoms with Gasteiger partial charge in [0.1, 0.15) is 6.04 Å². The van der Waals surface area contributed by atoms with Gasteiger partial charge in [0.15, 0.2) is 0 Å². The Kier molecular flexibility index (Phi) is 8.45. The van der Waals surface area contributed by atoms with E-state index in [-0.39, 0.29) is 19.8 Å². The van der Waals surface area contributed by atoms with Gasteiger partial charge in [0.25, 0.3) is 0 Å².